The Bertz CT molecular complexity index is 362. The summed E-state index contributed by atoms with van der Waals surface area (Å²) in [7, 11) is 0. The summed E-state index contributed by atoms with van der Waals surface area (Å²) in [4.78, 5) is 15.0. The number of aromatic nitrogens is 4. The zero-order valence-electron chi connectivity index (χ0n) is 7.06. The molecule has 0 radical (unpaired) electrons. The van der Waals surface area contributed by atoms with Crippen LogP contribution in [0.3, 0.4) is 0 Å². The van der Waals surface area contributed by atoms with E-state index in [1.165, 1.54) is 6.33 Å². The standard InChI is InChI=1S/C5H4N4.C2H5NS/c1-4-5(8-2-6-1)9-3-7-4;1-2(3)4/h1-3H,(H,6,7,8,9);1H3,(H2,3,4). The number of nitrogens with zero attached hydrogens (tertiary/aromatic N) is 3. The second kappa shape index (κ2) is 4.46. The van der Waals surface area contributed by atoms with E-state index in [9.17, 15) is 0 Å². The molecule has 2 rings (SSSR count). The average Bonchev–Trinajstić information content (AvgIpc) is 2.49. The van der Waals surface area contributed by atoms with Crippen molar-refractivity contribution in [2.45, 2.75) is 6.92 Å². The van der Waals surface area contributed by atoms with Crippen molar-refractivity contribution in [3.63, 3.8) is 0 Å². The maximum absolute atomic E-state index is 4.84. The maximum atomic E-state index is 4.84. The summed E-state index contributed by atoms with van der Waals surface area (Å²) < 4.78 is 0. The predicted molar refractivity (Wildman–Crippen MR) is 54.1 cm³/mol. The number of nitrogens with two attached hydrogens (primary N) is 1. The number of hydrogen-bond acceptors (Lipinski definition) is 4. The van der Waals surface area contributed by atoms with Crippen molar-refractivity contribution in [2.24, 2.45) is 5.73 Å². The second-order valence-corrected chi connectivity index (χ2v) is 2.92. The summed E-state index contributed by atoms with van der Waals surface area (Å²) in [6.07, 6.45) is 4.76. The minimum absolute atomic E-state index is 0.500. The highest BCUT2D eigenvalue weighted by Crippen LogP contribution is 1.99. The molecule has 68 valence electrons. The minimum Gasteiger partial charge on any atom is -0.394 e. The first-order chi connectivity index (χ1) is 6.20. The van der Waals surface area contributed by atoms with Gasteiger partial charge in [0.05, 0.1) is 17.5 Å². The van der Waals surface area contributed by atoms with Crippen LogP contribution in [0.5, 0.6) is 0 Å². The lowest BCUT2D eigenvalue weighted by Crippen LogP contribution is -1.98. The van der Waals surface area contributed by atoms with Crippen LogP contribution in [0.2, 0.25) is 0 Å². The van der Waals surface area contributed by atoms with Gasteiger partial charge in [-0.15, -0.1) is 0 Å². The van der Waals surface area contributed by atoms with Crippen LogP contribution >= 0.6 is 12.2 Å². The quantitative estimate of drug-likeness (QED) is 0.603. The number of thiocarbonyl (C=S) groups is 1. The summed E-state index contributed by atoms with van der Waals surface area (Å²) in [6.45, 7) is 1.68. The van der Waals surface area contributed by atoms with Crippen LogP contribution in [-0.4, -0.2) is 24.9 Å². The van der Waals surface area contributed by atoms with Gasteiger partial charge in [-0.2, -0.15) is 0 Å². The van der Waals surface area contributed by atoms with E-state index in [0.29, 0.717) is 10.6 Å². The van der Waals surface area contributed by atoms with Crippen molar-refractivity contribution in [3.8, 4) is 0 Å². The Labute approximate surface area is 80.4 Å². The van der Waals surface area contributed by atoms with Gasteiger partial charge >= 0.3 is 0 Å². The molecule has 0 spiro atoms. The van der Waals surface area contributed by atoms with Gasteiger partial charge in [-0.05, 0) is 6.92 Å². The molecule has 6 heteroatoms. The molecule has 0 aromatic carbocycles. The molecule has 0 saturated carbocycles. The topological polar surface area (TPSA) is 80.5 Å². The zero-order valence-corrected chi connectivity index (χ0v) is 7.88. The van der Waals surface area contributed by atoms with Crippen molar-refractivity contribution in [1.29, 1.82) is 0 Å². The van der Waals surface area contributed by atoms with Crippen molar-refractivity contribution >= 4 is 28.4 Å². The Balaban J connectivity index is 0.000000184. The van der Waals surface area contributed by atoms with E-state index in [4.69, 9.17) is 5.73 Å². The summed E-state index contributed by atoms with van der Waals surface area (Å²) in [5, 5.41) is 0. The van der Waals surface area contributed by atoms with Gasteiger partial charge < -0.3 is 10.7 Å². The number of aromatic amines is 1. The molecular weight excluding hydrogens is 186 g/mol. The molecular formula is C7H9N5S. The summed E-state index contributed by atoms with van der Waals surface area (Å²) >= 11 is 4.31. The molecule has 0 bridgehead atoms. The van der Waals surface area contributed by atoms with E-state index in [2.05, 4.69) is 32.2 Å². The molecule has 0 aliphatic heterocycles. The van der Waals surface area contributed by atoms with Crippen LogP contribution < -0.4 is 5.73 Å². The Morgan fingerprint density at radius 1 is 1.54 bits per heavy atom. The highest BCUT2D eigenvalue weighted by atomic mass is 32.1. The molecule has 0 saturated heterocycles. The Morgan fingerprint density at radius 2 is 2.23 bits per heavy atom. The summed E-state index contributed by atoms with van der Waals surface area (Å²) in [5.74, 6) is 0. The molecule has 0 amide bonds. The van der Waals surface area contributed by atoms with Crippen molar-refractivity contribution < 1.29 is 0 Å². The monoisotopic (exact) mass is 195 g/mol. The van der Waals surface area contributed by atoms with Gasteiger partial charge in [0.25, 0.3) is 0 Å². The Hall–Kier alpha value is -1.56. The van der Waals surface area contributed by atoms with E-state index in [1.807, 2.05) is 0 Å². The number of nitrogens with one attached hydrogen (secondary N) is 1. The first-order valence-electron chi connectivity index (χ1n) is 3.55. The first-order valence-corrected chi connectivity index (χ1v) is 3.96. The third-order valence-electron chi connectivity index (χ3n) is 1.10. The number of hydrogen-bond donors (Lipinski definition) is 2. The normalized spacial score (nSPS) is 9.00. The smallest absolute Gasteiger partial charge is 0.180 e. The molecule has 5 nitrogen and oxygen atoms in total. The minimum atomic E-state index is 0.500. The van der Waals surface area contributed by atoms with Crippen molar-refractivity contribution in [1.82, 2.24) is 19.9 Å². The van der Waals surface area contributed by atoms with Gasteiger partial charge in [-0.1, -0.05) is 12.2 Å². The Morgan fingerprint density at radius 3 is 2.85 bits per heavy atom. The molecule has 2 heterocycles. The molecule has 0 atom stereocenters. The molecule has 0 aliphatic carbocycles. The number of H-pyrrole nitrogens is 1. The number of rotatable bonds is 0. The van der Waals surface area contributed by atoms with Gasteiger partial charge in [0.15, 0.2) is 5.65 Å². The maximum Gasteiger partial charge on any atom is 0.180 e. The SMILES string of the molecule is CC(N)=S.c1ncc2[nH]cnc2n1. The van der Waals surface area contributed by atoms with Crippen molar-refractivity contribution in [2.75, 3.05) is 0 Å². The zero-order chi connectivity index (χ0) is 9.68. The fraction of sp³-hybridized carbons (Fsp3) is 0.143. The fourth-order valence-corrected chi connectivity index (χ4v) is 0.691. The molecule has 13 heavy (non-hydrogen) atoms. The van der Waals surface area contributed by atoms with Crippen LogP contribution in [0.4, 0.5) is 0 Å². The summed E-state index contributed by atoms with van der Waals surface area (Å²) in [5.41, 5.74) is 6.43. The molecule has 0 aliphatic rings. The van der Waals surface area contributed by atoms with E-state index in [1.54, 1.807) is 19.4 Å². The highest BCUT2D eigenvalue weighted by Gasteiger charge is 1.91. The van der Waals surface area contributed by atoms with Crippen LogP contribution in [0.25, 0.3) is 11.2 Å². The fourth-order valence-electron chi connectivity index (χ4n) is 0.691. The third kappa shape index (κ3) is 3.12. The van der Waals surface area contributed by atoms with Gasteiger partial charge in [0, 0.05) is 0 Å². The van der Waals surface area contributed by atoms with Crippen molar-refractivity contribution in [3.05, 3.63) is 18.9 Å². The van der Waals surface area contributed by atoms with Crippen LogP contribution in [0, 0.1) is 0 Å². The Kier molecular flexibility index (Phi) is 3.27. The van der Waals surface area contributed by atoms with E-state index in [0.717, 1.165) is 5.52 Å². The predicted octanol–water partition coefficient (Wildman–Crippen LogP) is 0.645. The van der Waals surface area contributed by atoms with E-state index in [-0.39, 0.29) is 0 Å². The average molecular weight is 195 g/mol. The van der Waals surface area contributed by atoms with Crippen LogP contribution in [0.1, 0.15) is 6.92 Å². The third-order valence-corrected chi connectivity index (χ3v) is 1.10. The van der Waals surface area contributed by atoms with Gasteiger partial charge in [-0.3, -0.25) is 0 Å². The second-order valence-electron chi connectivity index (χ2n) is 2.27. The molecule has 0 fully saturated rings. The van der Waals surface area contributed by atoms with Gasteiger partial charge in [0.2, 0.25) is 0 Å². The van der Waals surface area contributed by atoms with E-state index >= 15 is 0 Å². The molecule has 2 aromatic heterocycles. The van der Waals surface area contributed by atoms with Gasteiger partial charge in [0.1, 0.15) is 11.8 Å². The lowest BCUT2D eigenvalue weighted by Gasteiger charge is -1.80. The molecule has 0 unspecified atom stereocenters. The molecule has 3 N–H and O–H groups in total. The highest BCUT2D eigenvalue weighted by molar-refractivity contribution is 7.80. The molecule has 2 aromatic rings. The number of fused-ring (bicyclic) bond motifs is 1. The lowest BCUT2D eigenvalue weighted by molar-refractivity contribution is 1.20. The van der Waals surface area contributed by atoms with E-state index < -0.39 is 0 Å². The largest absolute Gasteiger partial charge is 0.394 e. The number of imidazole rings is 1. The van der Waals surface area contributed by atoms with Gasteiger partial charge in [-0.25, -0.2) is 15.0 Å². The first kappa shape index (κ1) is 9.53. The van der Waals surface area contributed by atoms with Crippen LogP contribution in [-0.2, 0) is 0 Å². The van der Waals surface area contributed by atoms with Crippen LogP contribution in [0.15, 0.2) is 18.9 Å². The lowest BCUT2D eigenvalue weighted by atomic mass is 10.6. The summed E-state index contributed by atoms with van der Waals surface area (Å²) in [6, 6.07) is 0.